The van der Waals surface area contributed by atoms with Crippen LogP contribution in [0.5, 0.6) is 0 Å². The van der Waals surface area contributed by atoms with Crippen LogP contribution in [0.4, 0.5) is 5.69 Å². The number of hydrogen-bond acceptors (Lipinski definition) is 5. The largest absolute Gasteiger partial charge is 0.394 e. The number of nitro groups is 1. The molecule has 2 N–H and O–H groups in total. The molecule has 24 heavy (non-hydrogen) atoms. The van der Waals surface area contributed by atoms with Gasteiger partial charge in [0.1, 0.15) is 12.4 Å². The van der Waals surface area contributed by atoms with Crippen molar-refractivity contribution in [3.8, 4) is 0 Å². The van der Waals surface area contributed by atoms with Crippen molar-refractivity contribution >= 4 is 11.6 Å². The summed E-state index contributed by atoms with van der Waals surface area (Å²) in [5.74, 6) is -0.258. The standard InChI is InChI=1S/C16H20N4O4/c1-2-12-3-5-13(6-4-12)15(11-21)18-16(22)7-8-19-10-14(9-17-19)20(23)24/h3-6,9-10,15,21H,2,7-8,11H2,1H3,(H,18,22). The summed E-state index contributed by atoms with van der Waals surface area (Å²) in [7, 11) is 0. The first-order valence-corrected chi connectivity index (χ1v) is 7.69. The summed E-state index contributed by atoms with van der Waals surface area (Å²) < 4.78 is 1.35. The van der Waals surface area contributed by atoms with Gasteiger partial charge in [0.15, 0.2) is 0 Å². The molecule has 0 aliphatic carbocycles. The van der Waals surface area contributed by atoms with Gasteiger partial charge in [-0.3, -0.25) is 19.6 Å². The molecule has 2 rings (SSSR count). The van der Waals surface area contributed by atoms with Crippen molar-refractivity contribution in [3.63, 3.8) is 0 Å². The number of aliphatic hydroxyl groups excluding tert-OH is 1. The number of aliphatic hydroxyl groups is 1. The van der Waals surface area contributed by atoms with Crippen LogP contribution in [0, 0.1) is 10.1 Å². The zero-order valence-corrected chi connectivity index (χ0v) is 13.4. The number of amides is 1. The molecular weight excluding hydrogens is 312 g/mol. The molecule has 0 bridgehead atoms. The molecule has 1 amide bonds. The maximum Gasteiger partial charge on any atom is 0.306 e. The molecule has 0 aliphatic heterocycles. The molecule has 1 aromatic heterocycles. The molecule has 8 heteroatoms. The maximum atomic E-state index is 12.0. The minimum atomic E-state index is -0.536. The van der Waals surface area contributed by atoms with Crippen molar-refractivity contribution in [2.45, 2.75) is 32.4 Å². The van der Waals surface area contributed by atoms with Crippen molar-refractivity contribution in [3.05, 3.63) is 57.9 Å². The molecule has 8 nitrogen and oxygen atoms in total. The fourth-order valence-electron chi connectivity index (χ4n) is 2.27. The van der Waals surface area contributed by atoms with Gasteiger partial charge in [0.25, 0.3) is 0 Å². The van der Waals surface area contributed by atoms with E-state index in [0.29, 0.717) is 0 Å². The van der Waals surface area contributed by atoms with Gasteiger partial charge in [-0.25, -0.2) is 0 Å². The number of benzene rings is 1. The van der Waals surface area contributed by atoms with Crippen molar-refractivity contribution in [2.24, 2.45) is 0 Å². The fourth-order valence-corrected chi connectivity index (χ4v) is 2.27. The summed E-state index contributed by atoms with van der Waals surface area (Å²) in [5, 5.41) is 26.7. The molecule has 0 fully saturated rings. The van der Waals surface area contributed by atoms with Crippen LogP contribution in [0.3, 0.4) is 0 Å². The number of rotatable bonds is 8. The van der Waals surface area contributed by atoms with Crippen LogP contribution in [0.1, 0.15) is 30.5 Å². The third-order valence-electron chi connectivity index (χ3n) is 3.71. The van der Waals surface area contributed by atoms with E-state index in [-0.39, 0.29) is 31.2 Å². The number of carbonyl (C=O) groups excluding carboxylic acids is 1. The van der Waals surface area contributed by atoms with Gasteiger partial charge in [0, 0.05) is 13.0 Å². The Balaban J connectivity index is 1.89. The van der Waals surface area contributed by atoms with E-state index < -0.39 is 11.0 Å². The van der Waals surface area contributed by atoms with Gasteiger partial charge in [-0.2, -0.15) is 5.10 Å². The second kappa shape index (κ2) is 8.21. The Morgan fingerprint density at radius 2 is 2.12 bits per heavy atom. The van der Waals surface area contributed by atoms with Crippen LogP contribution in [0.2, 0.25) is 0 Å². The van der Waals surface area contributed by atoms with Gasteiger partial charge >= 0.3 is 5.69 Å². The van der Waals surface area contributed by atoms with E-state index in [1.165, 1.54) is 16.4 Å². The van der Waals surface area contributed by atoms with Gasteiger partial charge in [0.05, 0.1) is 17.6 Å². The minimum Gasteiger partial charge on any atom is -0.394 e. The molecule has 0 saturated carbocycles. The Bertz CT molecular complexity index is 696. The van der Waals surface area contributed by atoms with Crippen LogP contribution in [-0.4, -0.2) is 32.3 Å². The second-order valence-electron chi connectivity index (χ2n) is 5.37. The smallest absolute Gasteiger partial charge is 0.306 e. The van der Waals surface area contributed by atoms with Crippen LogP contribution in [-0.2, 0) is 17.8 Å². The summed E-state index contributed by atoms with van der Waals surface area (Å²) in [4.78, 5) is 22.1. The van der Waals surface area contributed by atoms with Crippen molar-refractivity contribution in [2.75, 3.05) is 6.61 Å². The fraction of sp³-hybridized carbons (Fsp3) is 0.375. The first-order chi connectivity index (χ1) is 11.5. The number of nitrogens with zero attached hydrogens (tertiary/aromatic N) is 3. The van der Waals surface area contributed by atoms with Gasteiger partial charge in [-0.1, -0.05) is 31.2 Å². The number of aromatic nitrogens is 2. The lowest BCUT2D eigenvalue weighted by Gasteiger charge is -2.17. The average Bonchev–Trinajstić information content (AvgIpc) is 3.07. The van der Waals surface area contributed by atoms with E-state index in [1.54, 1.807) is 0 Å². The molecule has 0 spiro atoms. The summed E-state index contributed by atoms with van der Waals surface area (Å²) in [6.45, 7) is 2.08. The number of hydrogen-bond donors (Lipinski definition) is 2. The molecule has 1 aromatic carbocycles. The highest BCUT2D eigenvalue weighted by molar-refractivity contribution is 5.76. The lowest BCUT2D eigenvalue weighted by molar-refractivity contribution is -0.385. The van der Waals surface area contributed by atoms with Crippen LogP contribution < -0.4 is 5.32 Å². The highest BCUT2D eigenvalue weighted by Gasteiger charge is 2.14. The third-order valence-corrected chi connectivity index (χ3v) is 3.71. The first kappa shape index (κ1) is 17.6. The molecule has 128 valence electrons. The van der Waals surface area contributed by atoms with Crippen LogP contribution in [0.15, 0.2) is 36.7 Å². The van der Waals surface area contributed by atoms with E-state index in [1.807, 2.05) is 24.3 Å². The van der Waals surface area contributed by atoms with E-state index in [4.69, 9.17) is 0 Å². The van der Waals surface area contributed by atoms with Gasteiger partial charge in [-0.15, -0.1) is 0 Å². The van der Waals surface area contributed by atoms with Gasteiger partial charge < -0.3 is 10.4 Å². The lowest BCUT2D eigenvalue weighted by Crippen LogP contribution is -2.31. The van der Waals surface area contributed by atoms with Crippen molar-refractivity contribution < 1.29 is 14.8 Å². The molecule has 1 unspecified atom stereocenters. The summed E-state index contributed by atoms with van der Waals surface area (Å²) in [6, 6.07) is 7.23. The Hall–Kier alpha value is -2.74. The molecule has 0 saturated heterocycles. The summed E-state index contributed by atoms with van der Waals surface area (Å²) >= 11 is 0. The molecule has 1 atom stereocenters. The normalized spacial score (nSPS) is 11.9. The highest BCUT2D eigenvalue weighted by Crippen LogP contribution is 2.14. The quantitative estimate of drug-likeness (QED) is 0.563. The second-order valence-corrected chi connectivity index (χ2v) is 5.37. The monoisotopic (exact) mass is 332 g/mol. The number of nitrogens with one attached hydrogen (secondary N) is 1. The molecule has 1 heterocycles. The zero-order valence-electron chi connectivity index (χ0n) is 13.4. The average molecular weight is 332 g/mol. The summed E-state index contributed by atoms with van der Waals surface area (Å²) in [6.07, 6.45) is 3.46. The zero-order chi connectivity index (χ0) is 17.5. The van der Waals surface area contributed by atoms with Crippen LogP contribution in [0.25, 0.3) is 0 Å². The van der Waals surface area contributed by atoms with Gasteiger partial charge in [0.2, 0.25) is 5.91 Å². The minimum absolute atomic E-state index is 0.111. The Kier molecular flexibility index (Phi) is 6.02. The van der Waals surface area contributed by atoms with E-state index in [2.05, 4.69) is 17.3 Å². The van der Waals surface area contributed by atoms with Crippen LogP contribution >= 0.6 is 0 Å². The molecule has 2 aromatic rings. The number of aryl methyl sites for hydroxylation is 2. The van der Waals surface area contributed by atoms with Crippen molar-refractivity contribution in [1.82, 2.24) is 15.1 Å². The molecule has 0 radical (unpaired) electrons. The predicted octanol–water partition coefficient (Wildman–Crippen LogP) is 1.59. The SMILES string of the molecule is CCc1ccc(C(CO)NC(=O)CCn2cc([N+](=O)[O-])cn2)cc1. The van der Waals surface area contributed by atoms with E-state index in [9.17, 15) is 20.0 Å². The van der Waals surface area contributed by atoms with E-state index >= 15 is 0 Å². The Morgan fingerprint density at radius 3 is 2.67 bits per heavy atom. The lowest BCUT2D eigenvalue weighted by atomic mass is 10.0. The topological polar surface area (TPSA) is 110 Å². The Labute approximate surface area is 139 Å². The first-order valence-electron chi connectivity index (χ1n) is 7.69. The number of carbonyl (C=O) groups is 1. The highest BCUT2D eigenvalue weighted by atomic mass is 16.6. The third kappa shape index (κ3) is 4.63. The predicted molar refractivity (Wildman–Crippen MR) is 87.3 cm³/mol. The Morgan fingerprint density at radius 1 is 1.42 bits per heavy atom. The van der Waals surface area contributed by atoms with Crippen molar-refractivity contribution in [1.29, 1.82) is 0 Å². The molecular formula is C16H20N4O4. The van der Waals surface area contributed by atoms with Gasteiger partial charge in [-0.05, 0) is 17.5 Å². The summed E-state index contributed by atoms with van der Waals surface area (Å²) in [5.41, 5.74) is 1.90. The maximum absolute atomic E-state index is 12.0. The molecule has 0 aliphatic rings. The van der Waals surface area contributed by atoms with E-state index in [0.717, 1.165) is 18.2 Å².